The van der Waals surface area contributed by atoms with Crippen LogP contribution in [0, 0.1) is 0 Å². The Balaban J connectivity index is 1.99. The molecule has 5 nitrogen and oxygen atoms in total. The van der Waals surface area contributed by atoms with Crippen molar-refractivity contribution >= 4 is 17.5 Å². The molecule has 0 saturated carbocycles. The highest BCUT2D eigenvalue weighted by Crippen LogP contribution is 2.20. The number of rotatable bonds is 6. The predicted octanol–water partition coefficient (Wildman–Crippen LogP) is 4.08. The highest BCUT2D eigenvalue weighted by molar-refractivity contribution is 5.94. The fourth-order valence-corrected chi connectivity index (χ4v) is 2.32. The first kappa shape index (κ1) is 20.3. The molecule has 0 heterocycles. The highest BCUT2D eigenvalue weighted by Gasteiger charge is 2.28. The molecule has 0 radical (unpaired) electrons. The third-order valence-corrected chi connectivity index (χ3v) is 3.57. The maximum absolute atomic E-state index is 12.3. The average molecular weight is 380 g/mol. The van der Waals surface area contributed by atoms with Crippen molar-refractivity contribution in [3.05, 3.63) is 59.7 Å². The molecule has 27 heavy (non-hydrogen) atoms. The SMILES string of the molecule is CC(=O)Nc1cccc(C(C)NC(=O)c2ccc(OCC(F)(F)F)cc2)c1. The minimum Gasteiger partial charge on any atom is -0.484 e. The van der Waals surface area contributed by atoms with Gasteiger partial charge in [0.25, 0.3) is 5.91 Å². The zero-order valence-corrected chi connectivity index (χ0v) is 14.8. The molecule has 2 N–H and O–H groups in total. The summed E-state index contributed by atoms with van der Waals surface area (Å²) in [6, 6.07) is 12.1. The molecule has 144 valence electrons. The molecule has 2 aromatic rings. The van der Waals surface area contributed by atoms with Gasteiger partial charge in [0.15, 0.2) is 6.61 Å². The Morgan fingerprint density at radius 2 is 1.78 bits per heavy atom. The van der Waals surface area contributed by atoms with Crippen LogP contribution in [0.2, 0.25) is 0 Å². The maximum Gasteiger partial charge on any atom is 0.422 e. The van der Waals surface area contributed by atoms with Crippen LogP contribution >= 0.6 is 0 Å². The molecular formula is C19H19F3N2O3. The number of nitrogens with one attached hydrogen (secondary N) is 2. The normalized spacial score (nSPS) is 12.2. The lowest BCUT2D eigenvalue weighted by Crippen LogP contribution is -2.26. The Labute approximate surface area is 154 Å². The van der Waals surface area contributed by atoms with Gasteiger partial charge in [-0.3, -0.25) is 9.59 Å². The van der Waals surface area contributed by atoms with Crippen LogP contribution in [-0.2, 0) is 4.79 Å². The summed E-state index contributed by atoms with van der Waals surface area (Å²) in [7, 11) is 0. The summed E-state index contributed by atoms with van der Waals surface area (Å²) in [6.45, 7) is 1.80. The van der Waals surface area contributed by atoms with E-state index in [1.165, 1.54) is 31.2 Å². The van der Waals surface area contributed by atoms with Gasteiger partial charge in [0.2, 0.25) is 5.91 Å². The van der Waals surface area contributed by atoms with Crippen LogP contribution < -0.4 is 15.4 Å². The predicted molar refractivity (Wildman–Crippen MR) is 94.6 cm³/mol. The largest absolute Gasteiger partial charge is 0.484 e. The molecule has 2 rings (SSSR count). The Bertz CT molecular complexity index is 805. The second-order valence-electron chi connectivity index (χ2n) is 5.93. The maximum atomic E-state index is 12.3. The van der Waals surface area contributed by atoms with Gasteiger partial charge in [-0.15, -0.1) is 0 Å². The molecule has 0 bridgehead atoms. The molecule has 0 spiro atoms. The molecule has 0 aliphatic rings. The second kappa shape index (κ2) is 8.57. The lowest BCUT2D eigenvalue weighted by molar-refractivity contribution is -0.153. The van der Waals surface area contributed by atoms with E-state index in [-0.39, 0.29) is 23.6 Å². The lowest BCUT2D eigenvalue weighted by atomic mass is 10.1. The van der Waals surface area contributed by atoms with E-state index in [0.29, 0.717) is 11.3 Å². The first-order chi connectivity index (χ1) is 12.6. The first-order valence-electron chi connectivity index (χ1n) is 8.12. The molecule has 8 heteroatoms. The number of alkyl halides is 3. The zero-order valence-electron chi connectivity index (χ0n) is 14.8. The Kier molecular flexibility index (Phi) is 6.44. The number of anilines is 1. The van der Waals surface area contributed by atoms with E-state index in [4.69, 9.17) is 0 Å². The van der Waals surface area contributed by atoms with Gasteiger partial charge in [-0.25, -0.2) is 0 Å². The van der Waals surface area contributed by atoms with Crippen molar-refractivity contribution in [2.24, 2.45) is 0 Å². The number of benzene rings is 2. The minimum atomic E-state index is -4.42. The van der Waals surface area contributed by atoms with Crippen LogP contribution in [0.3, 0.4) is 0 Å². The van der Waals surface area contributed by atoms with Crippen LogP contribution in [0.4, 0.5) is 18.9 Å². The Morgan fingerprint density at radius 3 is 2.37 bits per heavy atom. The van der Waals surface area contributed by atoms with Crippen LogP contribution in [-0.4, -0.2) is 24.6 Å². The standard InChI is InChI=1S/C19H19F3N2O3/c1-12(15-4-3-5-16(10-15)24-13(2)25)23-18(26)14-6-8-17(9-7-14)27-11-19(20,21)22/h3-10,12H,11H2,1-2H3,(H,23,26)(H,24,25). The van der Waals surface area contributed by atoms with Crippen molar-refractivity contribution < 1.29 is 27.5 Å². The van der Waals surface area contributed by atoms with Crippen molar-refractivity contribution in [2.45, 2.75) is 26.1 Å². The van der Waals surface area contributed by atoms with E-state index in [1.807, 2.05) is 6.07 Å². The zero-order chi connectivity index (χ0) is 20.0. The smallest absolute Gasteiger partial charge is 0.422 e. The summed E-state index contributed by atoms with van der Waals surface area (Å²) in [4.78, 5) is 23.5. The molecule has 1 unspecified atom stereocenters. The van der Waals surface area contributed by atoms with E-state index in [2.05, 4.69) is 15.4 Å². The van der Waals surface area contributed by atoms with E-state index in [0.717, 1.165) is 5.56 Å². The minimum absolute atomic E-state index is 0.0277. The molecule has 0 saturated heterocycles. The van der Waals surface area contributed by atoms with Gasteiger partial charge < -0.3 is 15.4 Å². The van der Waals surface area contributed by atoms with Gasteiger partial charge in [0, 0.05) is 18.2 Å². The van der Waals surface area contributed by atoms with E-state index in [1.54, 1.807) is 25.1 Å². The van der Waals surface area contributed by atoms with Crippen molar-refractivity contribution in [3.63, 3.8) is 0 Å². The second-order valence-corrected chi connectivity index (χ2v) is 5.93. The number of carbonyl (C=O) groups is 2. The summed E-state index contributed by atoms with van der Waals surface area (Å²) in [5.74, 6) is -0.550. The van der Waals surface area contributed by atoms with E-state index < -0.39 is 12.8 Å². The van der Waals surface area contributed by atoms with Gasteiger partial charge >= 0.3 is 6.18 Å². The van der Waals surface area contributed by atoms with Gasteiger partial charge in [-0.2, -0.15) is 13.2 Å². The van der Waals surface area contributed by atoms with Crippen molar-refractivity contribution in [2.75, 3.05) is 11.9 Å². The Morgan fingerprint density at radius 1 is 1.11 bits per heavy atom. The highest BCUT2D eigenvalue weighted by atomic mass is 19.4. The molecule has 2 aromatic carbocycles. The fourth-order valence-electron chi connectivity index (χ4n) is 2.32. The third kappa shape index (κ3) is 6.65. The average Bonchev–Trinajstić information content (AvgIpc) is 2.59. The van der Waals surface area contributed by atoms with Crippen LogP contribution in [0.25, 0.3) is 0 Å². The molecule has 1 atom stereocenters. The number of amides is 2. The van der Waals surface area contributed by atoms with Crippen molar-refractivity contribution in [1.29, 1.82) is 0 Å². The molecule has 0 aromatic heterocycles. The van der Waals surface area contributed by atoms with Crippen molar-refractivity contribution in [3.8, 4) is 5.75 Å². The van der Waals surface area contributed by atoms with Gasteiger partial charge in [0.1, 0.15) is 5.75 Å². The summed E-state index contributed by atoms with van der Waals surface area (Å²) >= 11 is 0. The third-order valence-electron chi connectivity index (χ3n) is 3.57. The first-order valence-corrected chi connectivity index (χ1v) is 8.12. The molecule has 0 aliphatic heterocycles. The van der Waals surface area contributed by atoms with Gasteiger partial charge in [0.05, 0.1) is 6.04 Å². The van der Waals surface area contributed by atoms with Crippen molar-refractivity contribution in [1.82, 2.24) is 5.32 Å². The summed E-state index contributed by atoms with van der Waals surface area (Å²) < 4.78 is 41.0. The number of carbonyl (C=O) groups excluding carboxylic acids is 2. The fraction of sp³-hybridized carbons (Fsp3) is 0.263. The molecule has 2 amide bonds. The molecule has 0 aliphatic carbocycles. The number of ether oxygens (including phenoxy) is 1. The monoisotopic (exact) mass is 380 g/mol. The topological polar surface area (TPSA) is 67.4 Å². The Hall–Kier alpha value is -3.03. The number of halogens is 3. The van der Waals surface area contributed by atoms with Gasteiger partial charge in [-0.1, -0.05) is 12.1 Å². The van der Waals surface area contributed by atoms with Crippen LogP contribution in [0.5, 0.6) is 5.75 Å². The van der Waals surface area contributed by atoms with Crippen LogP contribution in [0.1, 0.15) is 35.8 Å². The quantitative estimate of drug-likeness (QED) is 0.794. The summed E-state index contributed by atoms with van der Waals surface area (Å²) in [6.07, 6.45) is -4.42. The number of hydrogen-bond donors (Lipinski definition) is 2. The summed E-state index contributed by atoms with van der Waals surface area (Å²) in [5.41, 5.74) is 1.70. The van der Waals surface area contributed by atoms with Crippen LogP contribution in [0.15, 0.2) is 48.5 Å². The summed E-state index contributed by atoms with van der Waals surface area (Å²) in [5, 5.41) is 5.46. The number of hydrogen-bond acceptors (Lipinski definition) is 3. The lowest BCUT2D eigenvalue weighted by Gasteiger charge is -2.16. The molecular weight excluding hydrogens is 361 g/mol. The van der Waals surface area contributed by atoms with E-state index >= 15 is 0 Å². The van der Waals surface area contributed by atoms with Gasteiger partial charge in [-0.05, 0) is 48.9 Å². The van der Waals surface area contributed by atoms with E-state index in [9.17, 15) is 22.8 Å². The molecule has 0 fully saturated rings.